The average molecular weight is 137 g/mol. The largest absolute Gasteiger partial charge is 0.294 e. The first kappa shape index (κ1) is 6.35. The summed E-state index contributed by atoms with van der Waals surface area (Å²) in [5.41, 5.74) is 0. The van der Waals surface area contributed by atoms with Crippen molar-refractivity contribution in [2.75, 3.05) is 13.1 Å². The topological polar surface area (TPSA) is 26.5 Å². The second-order valence-corrected chi connectivity index (χ2v) is 3.15. The summed E-state index contributed by atoms with van der Waals surface area (Å²) in [5.74, 6) is 0.791. The van der Waals surface area contributed by atoms with Crippen LogP contribution in [0.1, 0.15) is 19.3 Å². The second-order valence-electron chi connectivity index (χ2n) is 3.15. The highest BCUT2D eigenvalue weighted by Crippen LogP contribution is 2.23. The van der Waals surface area contributed by atoms with Crippen molar-refractivity contribution in [2.24, 2.45) is 10.9 Å². The van der Waals surface area contributed by atoms with Gasteiger partial charge in [0.15, 0.2) is 0 Å². The summed E-state index contributed by atoms with van der Waals surface area (Å²) in [6.45, 7) is 2.11. The summed E-state index contributed by atoms with van der Waals surface area (Å²) < 4.78 is 0. The SMILES string of the molecule is C1=NC2CC[N]CC2CC1. The van der Waals surface area contributed by atoms with Gasteiger partial charge in [0.2, 0.25) is 0 Å². The van der Waals surface area contributed by atoms with Gasteiger partial charge in [-0.2, -0.15) is 0 Å². The van der Waals surface area contributed by atoms with Gasteiger partial charge in [0.05, 0.1) is 6.04 Å². The Morgan fingerprint density at radius 2 is 2.30 bits per heavy atom. The van der Waals surface area contributed by atoms with Gasteiger partial charge >= 0.3 is 0 Å². The molecular formula is C8H13N2. The molecule has 1 radical (unpaired) electrons. The predicted octanol–water partition coefficient (Wildman–Crippen LogP) is 0.844. The fourth-order valence-electron chi connectivity index (χ4n) is 1.82. The van der Waals surface area contributed by atoms with E-state index >= 15 is 0 Å². The van der Waals surface area contributed by atoms with Crippen LogP contribution in [0.15, 0.2) is 4.99 Å². The Morgan fingerprint density at radius 3 is 3.20 bits per heavy atom. The number of fused-ring (bicyclic) bond motifs is 1. The molecule has 2 unspecified atom stereocenters. The minimum absolute atomic E-state index is 0.631. The molecule has 0 amide bonds. The molecular weight excluding hydrogens is 124 g/mol. The molecule has 0 aromatic carbocycles. The summed E-state index contributed by atoms with van der Waals surface area (Å²) in [4.78, 5) is 4.47. The molecule has 0 bridgehead atoms. The van der Waals surface area contributed by atoms with Crippen molar-refractivity contribution < 1.29 is 0 Å². The fraction of sp³-hybridized carbons (Fsp3) is 0.875. The van der Waals surface area contributed by atoms with Crippen LogP contribution in [0, 0.1) is 5.92 Å². The molecule has 2 heterocycles. The van der Waals surface area contributed by atoms with Gasteiger partial charge in [-0.3, -0.25) is 4.99 Å². The zero-order valence-electron chi connectivity index (χ0n) is 6.16. The summed E-state index contributed by atoms with van der Waals surface area (Å²) in [5, 5.41) is 4.39. The lowest BCUT2D eigenvalue weighted by Crippen LogP contribution is -2.36. The lowest BCUT2D eigenvalue weighted by molar-refractivity contribution is 0.302. The van der Waals surface area contributed by atoms with E-state index in [0.29, 0.717) is 6.04 Å². The third kappa shape index (κ3) is 1.08. The molecule has 0 aromatic rings. The molecule has 0 N–H and O–H groups in total. The standard InChI is InChI=1S/C8H13N2/c1-2-7-6-9-5-3-8(7)10-4-1/h4,7-8H,1-3,5-6H2. The van der Waals surface area contributed by atoms with E-state index < -0.39 is 0 Å². The van der Waals surface area contributed by atoms with Crippen LogP contribution >= 0.6 is 0 Å². The Morgan fingerprint density at radius 1 is 1.30 bits per heavy atom. The molecule has 0 spiro atoms. The van der Waals surface area contributed by atoms with E-state index in [1.807, 2.05) is 0 Å². The Labute approximate surface area is 61.7 Å². The summed E-state index contributed by atoms with van der Waals surface area (Å²) in [6.07, 6.45) is 5.78. The van der Waals surface area contributed by atoms with Crippen molar-refractivity contribution >= 4 is 6.21 Å². The van der Waals surface area contributed by atoms with Crippen molar-refractivity contribution in [1.29, 1.82) is 0 Å². The molecule has 10 heavy (non-hydrogen) atoms. The van der Waals surface area contributed by atoms with Crippen LogP contribution in [0.3, 0.4) is 0 Å². The Bertz CT molecular complexity index is 142. The summed E-state index contributed by atoms with van der Waals surface area (Å²) in [7, 11) is 0. The van der Waals surface area contributed by atoms with Crippen molar-refractivity contribution in [3.05, 3.63) is 0 Å². The highest BCUT2D eigenvalue weighted by molar-refractivity contribution is 5.58. The summed E-state index contributed by atoms with van der Waals surface area (Å²) >= 11 is 0. The maximum absolute atomic E-state index is 4.47. The van der Waals surface area contributed by atoms with Gasteiger partial charge in [0, 0.05) is 13.1 Å². The number of hydrogen-bond donors (Lipinski definition) is 0. The number of rotatable bonds is 0. The third-order valence-electron chi connectivity index (χ3n) is 2.45. The second kappa shape index (κ2) is 2.70. The lowest BCUT2D eigenvalue weighted by Gasteiger charge is -2.30. The summed E-state index contributed by atoms with van der Waals surface area (Å²) in [6, 6.07) is 0.631. The van der Waals surface area contributed by atoms with Crippen LogP contribution in [0.4, 0.5) is 0 Å². The van der Waals surface area contributed by atoms with E-state index in [2.05, 4.69) is 16.5 Å². The van der Waals surface area contributed by atoms with E-state index in [1.54, 1.807) is 0 Å². The van der Waals surface area contributed by atoms with E-state index in [1.165, 1.54) is 19.3 Å². The lowest BCUT2D eigenvalue weighted by atomic mass is 9.88. The van der Waals surface area contributed by atoms with Crippen molar-refractivity contribution in [2.45, 2.75) is 25.3 Å². The molecule has 2 heteroatoms. The smallest absolute Gasteiger partial charge is 0.0549 e. The van der Waals surface area contributed by atoms with Gasteiger partial charge in [-0.05, 0) is 31.4 Å². The minimum atomic E-state index is 0.631. The number of hydrogen-bond acceptors (Lipinski definition) is 1. The Kier molecular flexibility index (Phi) is 1.72. The van der Waals surface area contributed by atoms with E-state index in [4.69, 9.17) is 0 Å². The van der Waals surface area contributed by atoms with Crippen molar-refractivity contribution in [1.82, 2.24) is 5.32 Å². The molecule has 55 valence electrons. The van der Waals surface area contributed by atoms with Crippen molar-refractivity contribution in [3.8, 4) is 0 Å². The molecule has 2 atom stereocenters. The van der Waals surface area contributed by atoms with E-state index in [0.717, 1.165) is 19.0 Å². The zero-order valence-corrected chi connectivity index (χ0v) is 6.16. The van der Waals surface area contributed by atoms with E-state index in [9.17, 15) is 0 Å². The number of nitrogens with zero attached hydrogens (tertiary/aromatic N) is 2. The third-order valence-corrected chi connectivity index (χ3v) is 2.45. The monoisotopic (exact) mass is 137 g/mol. The number of piperidine rings is 1. The Hall–Kier alpha value is -0.370. The van der Waals surface area contributed by atoms with Gasteiger partial charge in [-0.1, -0.05) is 0 Å². The molecule has 0 aromatic heterocycles. The maximum Gasteiger partial charge on any atom is 0.0549 e. The minimum Gasteiger partial charge on any atom is -0.294 e. The number of aliphatic imine (C=N–C) groups is 1. The Balaban J connectivity index is 2.03. The molecule has 0 saturated carbocycles. The molecule has 2 aliphatic heterocycles. The molecule has 1 fully saturated rings. The van der Waals surface area contributed by atoms with Crippen LogP contribution in [0.5, 0.6) is 0 Å². The van der Waals surface area contributed by atoms with Gasteiger partial charge in [0.25, 0.3) is 0 Å². The van der Waals surface area contributed by atoms with Gasteiger partial charge < -0.3 is 0 Å². The maximum atomic E-state index is 4.47. The van der Waals surface area contributed by atoms with Crippen LogP contribution < -0.4 is 5.32 Å². The first-order chi connectivity index (χ1) is 4.97. The average Bonchev–Trinajstić information content (AvgIpc) is 2.05. The fourth-order valence-corrected chi connectivity index (χ4v) is 1.82. The first-order valence-electron chi connectivity index (χ1n) is 4.12. The highest BCUT2D eigenvalue weighted by atomic mass is 14.9. The normalized spacial score (nSPS) is 39.2. The molecule has 2 aliphatic rings. The van der Waals surface area contributed by atoms with Gasteiger partial charge in [-0.15, -0.1) is 0 Å². The van der Waals surface area contributed by atoms with Crippen LogP contribution in [-0.2, 0) is 0 Å². The van der Waals surface area contributed by atoms with Gasteiger partial charge in [-0.25, -0.2) is 5.32 Å². The first-order valence-corrected chi connectivity index (χ1v) is 4.12. The zero-order chi connectivity index (χ0) is 6.81. The molecule has 1 saturated heterocycles. The molecule has 0 aliphatic carbocycles. The van der Waals surface area contributed by atoms with Gasteiger partial charge in [0.1, 0.15) is 0 Å². The van der Waals surface area contributed by atoms with Crippen LogP contribution in [0.25, 0.3) is 0 Å². The van der Waals surface area contributed by atoms with Crippen LogP contribution in [0.2, 0.25) is 0 Å². The van der Waals surface area contributed by atoms with Crippen LogP contribution in [-0.4, -0.2) is 25.3 Å². The molecule has 2 nitrogen and oxygen atoms in total. The predicted molar refractivity (Wildman–Crippen MR) is 41.5 cm³/mol. The van der Waals surface area contributed by atoms with E-state index in [-0.39, 0.29) is 0 Å². The quantitative estimate of drug-likeness (QED) is 0.473. The van der Waals surface area contributed by atoms with Crippen molar-refractivity contribution in [3.63, 3.8) is 0 Å². The molecule has 2 rings (SSSR count). The highest BCUT2D eigenvalue weighted by Gasteiger charge is 2.25.